The van der Waals surface area contributed by atoms with Gasteiger partial charge in [0, 0.05) is 11.4 Å². The molecule has 0 aliphatic heterocycles. The van der Waals surface area contributed by atoms with Crippen molar-refractivity contribution < 1.29 is 14.3 Å². The van der Waals surface area contributed by atoms with E-state index in [1.165, 1.54) is 34.2 Å². The highest BCUT2D eigenvalue weighted by atomic mass is 32.2. The van der Waals surface area contributed by atoms with E-state index in [4.69, 9.17) is 10.5 Å². The zero-order valence-corrected chi connectivity index (χ0v) is 22.1. The van der Waals surface area contributed by atoms with Crippen LogP contribution in [-0.2, 0) is 30.8 Å². The number of ether oxygens (including phenoxy) is 1. The van der Waals surface area contributed by atoms with E-state index >= 15 is 0 Å². The standard InChI is InChI=1S/C25H31N5O3S2/c1-5-30-20(12-33-17-8-7-15(3)16(4)11-17)28-29-25(30)34-13-21(31)27-24-22(23(26)32)18-9-6-14(2)10-19(18)35-24/h7-8,11,14H,5-6,9-10,12-13H2,1-4H3,(H2,26,32)(H,27,31). The van der Waals surface area contributed by atoms with Crippen LogP contribution in [0.1, 0.15) is 58.0 Å². The zero-order valence-electron chi connectivity index (χ0n) is 20.5. The summed E-state index contributed by atoms with van der Waals surface area (Å²) in [5.41, 5.74) is 9.52. The van der Waals surface area contributed by atoms with Crippen molar-refractivity contribution in [3.8, 4) is 5.75 Å². The minimum atomic E-state index is -0.487. The van der Waals surface area contributed by atoms with Gasteiger partial charge in [0.25, 0.3) is 5.91 Å². The van der Waals surface area contributed by atoms with Crippen LogP contribution in [0.15, 0.2) is 23.4 Å². The number of fused-ring (bicyclic) bond motifs is 1. The maximum absolute atomic E-state index is 12.8. The molecule has 1 aliphatic rings. The molecule has 0 spiro atoms. The molecule has 8 nitrogen and oxygen atoms in total. The van der Waals surface area contributed by atoms with Crippen LogP contribution in [0.4, 0.5) is 5.00 Å². The molecule has 4 rings (SSSR count). The number of benzene rings is 1. The second kappa shape index (κ2) is 10.8. The van der Waals surface area contributed by atoms with Crippen molar-refractivity contribution >= 4 is 39.9 Å². The van der Waals surface area contributed by atoms with Gasteiger partial charge in [0.05, 0.1) is 11.3 Å². The predicted octanol–water partition coefficient (Wildman–Crippen LogP) is 4.51. The van der Waals surface area contributed by atoms with E-state index in [1.807, 2.05) is 29.7 Å². The van der Waals surface area contributed by atoms with Gasteiger partial charge in [-0.3, -0.25) is 9.59 Å². The molecule has 1 atom stereocenters. The van der Waals surface area contributed by atoms with Crippen LogP contribution in [-0.4, -0.2) is 32.3 Å². The van der Waals surface area contributed by atoms with Gasteiger partial charge in [0.15, 0.2) is 11.0 Å². The Kier molecular flexibility index (Phi) is 7.81. The highest BCUT2D eigenvalue weighted by molar-refractivity contribution is 7.99. The van der Waals surface area contributed by atoms with E-state index in [1.54, 1.807) is 0 Å². The van der Waals surface area contributed by atoms with E-state index < -0.39 is 5.91 Å². The fourth-order valence-electron chi connectivity index (χ4n) is 4.19. The molecule has 186 valence electrons. The normalized spacial score (nSPS) is 15.0. The number of nitrogens with two attached hydrogens (primary N) is 1. The predicted molar refractivity (Wildman–Crippen MR) is 139 cm³/mol. The van der Waals surface area contributed by atoms with Crippen LogP contribution in [0.5, 0.6) is 5.75 Å². The highest BCUT2D eigenvalue weighted by Gasteiger charge is 2.27. The third-order valence-electron chi connectivity index (χ3n) is 6.30. The molecule has 0 bridgehead atoms. The molecule has 10 heteroatoms. The number of hydrogen-bond donors (Lipinski definition) is 2. The number of carbonyl (C=O) groups is 2. The lowest BCUT2D eigenvalue weighted by atomic mass is 9.88. The molecule has 1 aromatic carbocycles. The number of rotatable bonds is 9. The first-order valence-electron chi connectivity index (χ1n) is 11.8. The maximum atomic E-state index is 12.8. The van der Waals surface area contributed by atoms with Crippen LogP contribution in [0.3, 0.4) is 0 Å². The maximum Gasteiger partial charge on any atom is 0.251 e. The third-order valence-corrected chi connectivity index (χ3v) is 8.44. The molecule has 3 N–H and O–H groups in total. The molecule has 35 heavy (non-hydrogen) atoms. The van der Waals surface area contributed by atoms with Crippen LogP contribution in [0, 0.1) is 19.8 Å². The SMILES string of the molecule is CCn1c(COc2ccc(C)c(C)c2)nnc1SCC(=O)Nc1sc2c(c1C(N)=O)CCC(C)C2. The summed E-state index contributed by atoms with van der Waals surface area (Å²) >= 11 is 2.78. The Labute approximate surface area is 213 Å². The van der Waals surface area contributed by atoms with Gasteiger partial charge < -0.3 is 20.4 Å². The number of nitrogens with one attached hydrogen (secondary N) is 1. The fourth-order valence-corrected chi connectivity index (χ4v) is 6.45. The molecular formula is C25H31N5O3S2. The molecule has 1 aliphatic carbocycles. The minimum absolute atomic E-state index is 0.146. The summed E-state index contributed by atoms with van der Waals surface area (Å²) in [7, 11) is 0. The summed E-state index contributed by atoms with van der Waals surface area (Å²) in [6.07, 6.45) is 2.76. The monoisotopic (exact) mass is 513 g/mol. The number of aryl methyl sites for hydroxylation is 2. The Balaban J connectivity index is 1.39. The Hall–Kier alpha value is -2.85. The zero-order chi connectivity index (χ0) is 25.1. The van der Waals surface area contributed by atoms with E-state index in [-0.39, 0.29) is 18.3 Å². The Bertz CT molecular complexity index is 1250. The van der Waals surface area contributed by atoms with Crippen molar-refractivity contribution in [1.82, 2.24) is 14.8 Å². The van der Waals surface area contributed by atoms with Gasteiger partial charge in [-0.05, 0) is 74.8 Å². The summed E-state index contributed by atoms with van der Waals surface area (Å²) in [6.45, 7) is 9.26. The van der Waals surface area contributed by atoms with Gasteiger partial charge in [-0.15, -0.1) is 21.5 Å². The molecule has 2 heterocycles. The number of carbonyl (C=O) groups excluding carboxylic acids is 2. The molecule has 3 aromatic rings. The molecule has 0 fully saturated rings. The number of nitrogens with zero attached hydrogens (tertiary/aromatic N) is 3. The Morgan fingerprint density at radius 3 is 2.80 bits per heavy atom. The van der Waals surface area contributed by atoms with Crippen LogP contribution >= 0.6 is 23.1 Å². The first kappa shape index (κ1) is 25.2. The molecule has 2 aromatic heterocycles. The van der Waals surface area contributed by atoms with Gasteiger partial charge in [0.2, 0.25) is 5.91 Å². The lowest BCUT2D eigenvalue weighted by Crippen LogP contribution is -2.20. The summed E-state index contributed by atoms with van der Waals surface area (Å²) in [5, 5.41) is 12.6. The number of thioether (sulfide) groups is 1. The number of thiophene rings is 1. The number of primary amides is 1. The second-order valence-electron chi connectivity index (χ2n) is 8.93. The summed E-state index contributed by atoms with van der Waals surface area (Å²) in [5.74, 6) is 1.50. The number of hydrogen-bond acceptors (Lipinski definition) is 7. The van der Waals surface area contributed by atoms with Gasteiger partial charge >= 0.3 is 0 Å². The average molecular weight is 514 g/mol. The molecule has 2 amide bonds. The first-order chi connectivity index (χ1) is 16.8. The molecule has 0 saturated carbocycles. The summed E-state index contributed by atoms with van der Waals surface area (Å²) < 4.78 is 7.86. The summed E-state index contributed by atoms with van der Waals surface area (Å²) in [4.78, 5) is 26.0. The van der Waals surface area contributed by atoms with E-state index in [0.717, 1.165) is 35.5 Å². The highest BCUT2D eigenvalue weighted by Crippen LogP contribution is 2.39. The quantitative estimate of drug-likeness (QED) is 0.407. The number of aromatic nitrogens is 3. The van der Waals surface area contributed by atoms with Gasteiger partial charge in [-0.25, -0.2) is 0 Å². The lowest BCUT2D eigenvalue weighted by Gasteiger charge is -2.18. The number of amides is 2. The molecule has 0 saturated heterocycles. The van der Waals surface area contributed by atoms with Gasteiger partial charge in [-0.1, -0.05) is 24.8 Å². The molecular weight excluding hydrogens is 482 g/mol. The van der Waals surface area contributed by atoms with Crippen molar-refractivity contribution in [1.29, 1.82) is 0 Å². The van der Waals surface area contributed by atoms with Crippen LogP contribution in [0.25, 0.3) is 0 Å². The minimum Gasteiger partial charge on any atom is -0.486 e. The molecule has 0 radical (unpaired) electrons. The van der Waals surface area contributed by atoms with Gasteiger partial charge in [-0.2, -0.15) is 0 Å². The van der Waals surface area contributed by atoms with Crippen molar-refractivity contribution in [2.75, 3.05) is 11.1 Å². The van der Waals surface area contributed by atoms with Crippen LogP contribution in [0.2, 0.25) is 0 Å². The van der Waals surface area contributed by atoms with Gasteiger partial charge in [0.1, 0.15) is 17.4 Å². The second-order valence-corrected chi connectivity index (χ2v) is 11.0. The lowest BCUT2D eigenvalue weighted by molar-refractivity contribution is -0.113. The molecule has 1 unspecified atom stereocenters. The van der Waals surface area contributed by atoms with Crippen molar-refractivity contribution in [3.05, 3.63) is 51.2 Å². The largest absolute Gasteiger partial charge is 0.486 e. The third kappa shape index (κ3) is 5.70. The van der Waals surface area contributed by atoms with Crippen molar-refractivity contribution in [2.45, 2.75) is 65.3 Å². The smallest absolute Gasteiger partial charge is 0.251 e. The number of anilines is 1. The van der Waals surface area contributed by atoms with Crippen LogP contribution < -0.4 is 15.8 Å². The fraction of sp³-hybridized carbons (Fsp3) is 0.440. The van der Waals surface area contributed by atoms with Crippen molar-refractivity contribution in [3.63, 3.8) is 0 Å². The first-order valence-corrected chi connectivity index (χ1v) is 13.6. The van der Waals surface area contributed by atoms with E-state index in [0.29, 0.717) is 34.0 Å². The average Bonchev–Trinajstić information content (AvgIpc) is 3.38. The van der Waals surface area contributed by atoms with E-state index in [9.17, 15) is 9.59 Å². The Morgan fingerprint density at radius 2 is 2.09 bits per heavy atom. The van der Waals surface area contributed by atoms with Crippen molar-refractivity contribution in [2.24, 2.45) is 11.7 Å². The van der Waals surface area contributed by atoms with E-state index in [2.05, 4.69) is 36.3 Å². The topological polar surface area (TPSA) is 112 Å². The summed E-state index contributed by atoms with van der Waals surface area (Å²) in [6, 6.07) is 5.98. The Morgan fingerprint density at radius 1 is 1.29 bits per heavy atom.